The van der Waals surface area contributed by atoms with Gasteiger partial charge in [0.05, 0.1) is 0 Å². The Bertz CT molecular complexity index is 281. The van der Waals surface area contributed by atoms with Crippen LogP contribution in [0.4, 0.5) is 0 Å². The number of nitrogens with zero attached hydrogens (tertiary/aromatic N) is 3. The fourth-order valence-corrected chi connectivity index (χ4v) is 0.539. The van der Waals surface area contributed by atoms with Crippen LogP contribution in [0.3, 0.4) is 0 Å². The maximum absolute atomic E-state index is 9.31. The van der Waals surface area contributed by atoms with Crippen LogP contribution < -0.4 is 5.84 Å². The zero-order valence-corrected chi connectivity index (χ0v) is 8.31. The third kappa shape index (κ3) is 5.41. The smallest absolute Gasteiger partial charge is 0.230 e. The molecule has 14 heavy (non-hydrogen) atoms. The predicted molar refractivity (Wildman–Crippen MR) is 50.2 cm³/mol. The van der Waals surface area contributed by atoms with E-state index in [4.69, 9.17) is 23.2 Å². The van der Waals surface area contributed by atoms with Crippen LogP contribution in [-0.4, -0.2) is 27.8 Å². The third-order valence-corrected chi connectivity index (χ3v) is 1.51. The summed E-state index contributed by atoms with van der Waals surface area (Å²) in [7, 11) is 0. The van der Waals surface area contributed by atoms with E-state index in [-0.39, 0.29) is 23.1 Å². The number of amides is 2. The van der Waals surface area contributed by atoms with E-state index in [2.05, 4.69) is 15.8 Å². The van der Waals surface area contributed by atoms with Crippen molar-refractivity contribution < 1.29 is 9.59 Å². The zero-order chi connectivity index (χ0) is 11.0. The van der Waals surface area contributed by atoms with Crippen LogP contribution in [0.2, 0.25) is 10.3 Å². The Hall–Kier alpha value is -1.24. The van der Waals surface area contributed by atoms with Crippen LogP contribution in [0.1, 0.15) is 0 Å². The van der Waals surface area contributed by atoms with Gasteiger partial charge in [0.15, 0.2) is 10.3 Å². The standard InChI is InChI=1S/C4H2Cl2N2.C2H4N2O2/c5-3-4(6)8-2-1-7-3;3-4(1-5)2-6/h1-2H;1-2H,3H2. The Morgan fingerprint density at radius 1 is 1.14 bits per heavy atom. The topological polar surface area (TPSA) is 89.2 Å². The molecular weight excluding hydrogens is 231 g/mol. The summed E-state index contributed by atoms with van der Waals surface area (Å²) >= 11 is 10.8. The van der Waals surface area contributed by atoms with E-state index in [0.29, 0.717) is 5.01 Å². The predicted octanol–water partition coefficient (Wildman–Crippen LogP) is 0.258. The quantitative estimate of drug-likeness (QED) is 0.345. The van der Waals surface area contributed by atoms with Gasteiger partial charge in [0, 0.05) is 12.4 Å². The van der Waals surface area contributed by atoms with Crippen LogP contribution >= 0.6 is 23.2 Å². The summed E-state index contributed by atoms with van der Waals surface area (Å²) in [5, 5.41) is 0.878. The molecule has 0 unspecified atom stereocenters. The van der Waals surface area contributed by atoms with Gasteiger partial charge in [0.25, 0.3) is 0 Å². The highest BCUT2D eigenvalue weighted by atomic mass is 35.5. The molecule has 1 aromatic heterocycles. The second-order valence-electron chi connectivity index (χ2n) is 1.80. The first-order chi connectivity index (χ1) is 6.61. The molecule has 0 saturated heterocycles. The highest BCUT2D eigenvalue weighted by Gasteiger charge is 1.93. The Morgan fingerprint density at radius 3 is 1.64 bits per heavy atom. The molecule has 76 valence electrons. The SMILES string of the molecule is Clc1nccnc1Cl.NN(C=O)C=O. The Balaban J connectivity index is 0.000000255. The van der Waals surface area contributed by atoms with Crippen molar-refractivity contribution in [3.8, 4) is 0 Å². The normalized spacial score (nSPS) is 8.21. The Labute approximate surface area is 89.6 Å². The van der Waals surface area contributed by atoms with Crippen LogP contribution in [0.25, 0.3) is 0 Å². The molecule has 0 fully saturated rings. The summed E-state index contributed by atoms with van der Waals surface area (Å²) in [5.41, 5.74) is 0. The van der Waals surface area contributed by atoms with Crippen LogP contribution in [0, 0.1) is 0 Å². The average Bonchev–Trinajstić information content (AvgIpc) is 2.22. The summed E-state index contributed by atoms with van der Waals surface area (Å²) in [4.78, 5) is 25.9. The summed E-state index contributed by atoms with van der Waals surface area (Å²) in [6, 6.07) is 0. The molecule has 6 nitrogen and oxygen atoms in total. The highest BCUT2D eigenvalue weighted by molar-refractivity contribution is 6.40. The Kier molecular flexibility index (Phi) is 6.55. The van der Waals surface area contributed by atoms with Crippen molar-refractivity contribution in [1.82, 2.24) is 15.0 Å². The number of hydrogen-bond acceptors (Lipinski definition) is 5. The van der Waals surface area contributed by atoms with Gasteiger partial charge >= 0.3 is 0 Å². The lowest BCUT2D eigenvalue weighted by molar-refractivity contribution is -0.129. The number of nitrogens with two attached hydrogens (primary N) is 1. The molecule has 0 saturated carbocycles. The minimum atomic E-state index is 0.215. The monoisotopic (exact) mass is 236 g/mol. The molecule has 1 heterocycles. The minimum Gasteiger partial charge on any atom is -0.277 e. The third-order valence-electron chi connectivity index (χ3n) is 0.856. The van der Waals surface area contributed by atoms with Gasteiger partial charge in [0.2, 0.25) is 12.8 Å². The summed E-state index contributed by atoms with van der Waals surface area (Å²) < 4.78 is 0. The molecular formula is C6H6Cl2N4O2. The van der Waals surface area contributed by atoms with Crippen molar-refractivity contribution >= 4 is 36.0 Å². The van der Waals surface area contributed by atoms with Gasteiger partial charge in [-0.2, -0.15) is 0 Å². The molecule has 0 spiro atoms. The van der Waals surface area contributed by atoms with Crippen molar-refractivity contribution in [2.24, 2.45) is 5.84 Å². The van der Waals surface area contributed by atoms with E-state index >= 15 is 0 Å². The molecule has 0 aliphatic heterocycles. The zero-order valence-electron chi connectivity index (χ0n) is 6.80. The fourth-order valence-electron chi connectivity index (χ4n) is 0.329. The van der Waals surface area contributed by atoms with Gasteiger partial charge in [-0.15, -0.1) is 0 Å². The lowest BCUT2D eigenvalue weighted by Gasteiger charge is -1.91. The molecule has 0 aliphatic carbocycles. The molecule has 0 aromatic carbocycles. The van der Waals surface area contributed by atoms with E-state index in [1.54, 1.807) is 0 Å². The van der Waals surface area contributed by atoms with Crippen LogP contribution in [0.5, 0.6) is 0 Å². The van der Waals surface area contributed by atoms with Gasteiger partial charge in [-0.05, 0) is 0 Å². The number of carbonyl (C=O) groups is 2. The Morgan fingerprint density at radius 2 is 1.50 bits per heavy atom. The first-order valence-electron chi connectivity index (χ1n) is 3.17. The van der Waals surface area contributed by atoms with Gasteiger partial charge in [0.1, 0.15) is 0 Å². The lowest BCUT2D eigenvalue weighted by Crippen LogP contribution is -2.26. The molecule has 1 rings (SSSR count). The van der Waals surface area contributed by atoms with E-state index in [1.165, 1.54) is 12.4 Å². The first-order valence-corrected chi connectivity index (χ1v) is 3.93. The summed E-state index contributed by atoms with van der Waals surface area (Å²) in [6.45, 7) is 0. The van der Waals surface area contributed by atoms with Crippen LogP contribution in [-0.2, 0) is 9.59 Å². The molecule has 1 aromatic rings. The molecule has 2 amide bonds. The molecule has 0 bridgehead atoms. The second kappa shape index (κ2) is 7.19. The van der Waals surface area contributed by atoms with Gasteiger partial charge < -0.3 is 0 Å². The van der Waals surface area contributed by atoms with Gasteiger partial charge in [-0.25, -0.2) is 20.8 Å². The number of carbonyl (C=O) groups excluding carboxylic acids is 2. The summed E-state index contributed by atoms with van der Waals surface area (Å²) in [5.74, 6) is 4.57. The number of aromatic nitrogens is 2. The number of hydrazine groups is 1. The first kappa shape index (κ1) is 12.8. The second-order valence-corrected chi connectivity index (χ2v) is 2.51. The average molecular weight is 237 g/mol. The van der Waals surface area contributed by atoms with Gasteiger partial charge in [-0.3, -0.25) is 9.59 Å². The van der Waals surface area contributed by atoms with E-state index in [1.807, 2.05) is 0 Å². The number of rotatable bonds is 2. The van der Waals surface area contributed by atoms with Crippen molar-refractivity contribution in [2.75, 3.05) is 0 Å². The van der Waals surface area contributed by atoms with E-state index in [9.17, 15) is 9.59 Å². The molecule has 0 radical (unpaired) electrons. The van der Waals surface area contributed by atoms with Crippen molar-refractivity contribution in [1.29, 1.82) is 0 Å². The fraction of sp³-hybridized carbons (Fsp3) is 0. The molecule has 0 atom stereocenters. The minimum absolute atomic E-state index is 0.215. The van der Waals surface area contributed by atoms with Crippen LogP contribution in [0.15, 0.2) is 12.4 Å². The molecule has 0 aliphatic rings. The van der Waals surface area contributed by atoms with E-state index < -0.39 is 0 Å². The molecule has 2 N–H and O–H groups in total. The lowest BCUT2D eigenvalue weighted by atomic mass is 10.8. The van der Waals surface area contributed by atoms with Crippen molar-refractivity contribution in [2.45, 2.75) is 0 Å². The van der Waals surface area contributed by atoms with Crippen molar-refractivity contribution in [3.05, 3.63) is 22.7 Å². The largest absolute Gasteiger partial charge is 0.277 e. The maximum Gasteiger partial charge on any atom is 0.230 e. The highest BCUT2D eigenvalue weighted by Crippen LogP contribution is 2.12. The number of halogens is 2. The molecule has 8 heteroatoms. The van der Waals surface area contributed by atoms with E-state index in [0.717, 1.165) is 0 Å². The van der Waals surface area contributed by atoms with Crippen molar-refractivity contribution in [3.63, 3.8) is 0 Å². The number of imide groups is 1. The number of hydrogen-bond donors (Lipinski definition) is 1. The maximum atomic E-state index is 9.31. The summed E-state index contributed by atoms with van der Waals surface area (Å²) in [6.07, 6.45) is 3.39. The van der Waals surface area contributed by atoms with Gasteiger partial charge in [-0.1, -0.05) is 23.2 Å².